The van der Waals surface area contributed by atoms with E-state index in [0.29, 0.717) is 18.8 Å². The molecule has 162 valence electrons. The third-order valence-electron chi connectivity index (χ3n) is 5.46. The Bertz CT molecular complexity index is 1000. The van der Waals surface area contributed by atoms with Crippen molar-refractivity contribution in [3.8, 4) is 0 Å². The lowest BCUT2D eigenvalue weighted by atomic mass is 10.1. The van der Waals surface area contributed by atoms with Crippen LogP contribution in [0.5, 0.6) is 0 Å². The number of nitrogens with zero attached hydrogens (tertiary/aromatic N) is 5. The van der Waals surface area contributed by atoms with Crippen LogP contribution in [0.1, 0.15) is 18.3 Å². The summed E-state index contributed by atoms with van der Waals surface area (Å²) in [7, 11) is 0. The van der Waals surface area contributed by atoms with Gasteiger partial charge in [0, 0.05) is 44.8 Å². The summed E-state index contributed by atoms with van der Waals surface area (Å²) < 4.78 is 15.2. The van der Waals surface area contributed by atoms with Crippen LogP contribution < -0.4 is 4.90 Å². The zero-order valence-corrected chi connectivity index (χ0v) is 18.4. The summed E-state index contributed by atoms with van der Waals surface area (Å²) in [6.07, 6.45) is 0.724. The monoisotopic (exact) mass is 439 g/mol. The molecule has 1 fully saturated rings. The minimum Gasteiger partial charge on any atom is -0.368 e. The molecule has 0 atom stereocenters. The van der Waals surface area contributed by atoms with Crippen molar-refractivity contribution in [2.24, 2.45) is 0 Å². The van der Waals surface area contributed by atoms with Gasteiger partial charge in [0.2, 0.25) is 5.91 Å². The number of aromatic nitrogens is 3. The molecular formula is C23H26FN5OS. The van der Waals surface area contributed by atoms with E-state index in [1.807, 2.05) is 23.1 Å². The van der Waals surface area contributed by atoms with Crippen LogP contribution in [0.3, 0.4) is 0 Å². The number of halogens is 1. The maximum atomic E-state index is 13.1. The fourth-order valence-corrected chi connectivity index (χ4v) is 4.66. The molecule has 0 bridgehead atoms. The molecule has 0 N–H and O–H groups in total. The summed E-state index contributed by atoms with van der Waals surface area (Å²) in [5, 5.41) is 9.47. The molecule has 31 heavy (non-hydrogen) atoms. The van der Waals surface area contributed by atoms with E-state index < -0.39 is 0 Å². The molecule has 4 rings (SSSR count). The smallest absolute Gasteiger partial charge is 0.233 e. The lowest BCUT2D eigenvalue weighted by molar-refractivity contribution is -0.128. The number of amides is 1. The van der Waals surface area contributed by atoms with Gasteiger partial charge >= 0.3 is 0 Å². The molecular weight excluding hydrogens is 413 g/mol. The lowest BCUT2D eigenvalue weighted by Gasteiger charge is -2.36. The van der Waals surface area contributed by atoms with Crippen molar-refractivity contribution in [3.63, 3.8) is 0 Å². The van der Waals surface area contributed by atoms with Crippen LogP contribution in [0.2, 0.25) is 0 Å². The minimum atomic E-state index is -0.235. The van der Waals surface area contributed by atoms with Crippen LogP contribution in [-0.2, 0) is 17.8 Å². The highest BCUT2D eigenvalue weighted by Crippen LogP contribution is 2.21. The van der Waals surface area contributed by atoms with Crippen molar-refractivity contribution in [2.45, 2.75) is 25.0 Å². The fourth-order valence-electron chi connectivity index (χ4n) is 3.74. The zero-order valence-electron chi connectivity index (χ0n) is 17.6. The van der Waals surface area contributed by atoms with Gasteiger partial charge in [0.15, 0.2) is 5.16 Å². The molecule has 1 aliphatic rings. The van der Waals surface area contributed by atoms with E-state index in [0.717, 1.165) is 42.7 Å². The zero-order chi connectivity index (χ0) is 21.6. The SMILES string of the molecule is CCn1c(Cc2ccccc2)nnc1SCC(=O)N1CCN(c2ccc(F)cc2)CC1. The summed E-state index contributed by atoms with van der Waals surface area (Å²) in [6, 6.07) is 16.7. The summed E-state index contributed by atoms with van der Waals surface area (Å²) in [5.74, 6) is 1.14. The first-order valence-corrected chi connectivity index (χ1v) is 11.5. The molecule has 1 aromatic heterocycles. The van der Waals surface area contributed by atoms with Crippen molar-refractivity contribution < 1.29 is 9.18 Å². The number of hydrogen-bond acceptors (Lipinski definition) is 5. The first-order valence-electron chi connectivity index (χ1n) is 10.5. The predicted molar refractivity (Wildman–Crippen MR) is 121 cm³/mol. The lowest BCUT2D eigenvalue weighted by Crippen LogP contribution is -2.49. The van der Waals surface area contributed by atoms with Gasteiger partial charge in [-0.25, -0.2) is 4.39 Å². The van der Waals surface area contributed by atoms with Gasteiger partial charge in [-0.2, -0.15) is 0 Å². The number of thioether (sulfide) groups is 1. The Labute approximate surface area is 186 Å². The Kier molecular flexibility index (Phi) is 6.86. The molecule has 6 nitrogen and oxygen atoms in total. The molecule has 1 saturated heterocycles. The quantitative estimate of drug-likeness (QED) is 0.528. The molecule has 1 amide bonds. The van der Waals surface area contributed by atoms with Crippen molar-refractivity contribution in [1.29, 1.82) is 0 Å². The van der Waals surface area contributed by atoms with E-state index >= 15 is 0 Å². The Morgan fingerprint density at radius 1 is 1.00 bits per heavy atom. The molecule has 8 heteroatoms. The fraction of sp³-hybridized carbons (Fsp3) is 0.348. The number of anilines is 1. The van der Waals surface area contributed by atoms with Crippen LogP contribution in [0.15, 0.2) is 59.8 Å². The highest BCUT2D eigenvalue weighted by Gasteiger charge is 2.22. The summed E-state index contributed by atoms with van der Waals surface area (Å²) in [4.78, 5) is 16.8. The van der Waals surface area contributed by atoms with Crippen LogP contribution in [0, 0.1) is 5.82 Å². The molecule has 0 radical (unpaired) electrons. The second kappa shape index (κ2) is 9.96. The number of carbonyl (C=O) groups is 1. The third-order valence-corrected chi connectivity index (χ3v) is 6.42. The van der Waals surface area contributed by atoms with Gasteiger partial charge in [-0.3, -0.25) is 4.79 Å². The highest BCUT2D eigenvalue weighted by atomic mass is 32.2. The van der Waals surface area contributed by atoms with E-state index in [2.05, 4.69) is 38.7 Å². The molecule has 0 unspecified atom stereocenters. The molecule has 2 heterocycles. The van der Waals surface area contributed by atoms with Crippen LogP contribution in [0.4, 0.5) is 10.1 Å². The molecule has 1 aliphatic heterocycles. The standard InChI is InChI=1S/C23H26FN5OS/c1-2-29-21(16-18-6-4-3-5-7-18)25-26-23(29)31-17-22(30)28-14-12-27(13-15-28)20-10-8-19(24)9-11-20/h3-11H,2,12-17H2,1H3. The van der Waals surface area contributed by atoms with Crippen LogP contribution in [0.25, 0.3) is 0 Å². The van der Waals surface area contributed by atoms with Gasteiger partial charge in [-0.1, -0.05) is 42.1 Å². The van der Waals surface area contributed by atoms with Crippen molar-refractivity contribution in [3.05, 3.63) is 71.8 Å². The highest BCUT2D eigenvalue weighted by molar-refractivity contribution is 7.99. The normalized spacial score (nSPS) is 14.1. The maximum absolute atomic E-state index is 13.1. The minimum absolute atomic E-state index is 0.110. The number of benzene rings is 2. The van der Waals surface area contributed by atoms with E-state index in [9.17, 15) is 9.18 Å². The van der Waals surface area contributed by atoms with Gasteiger partial charge in [0.05, 0.1) is 5.75 Å². The topological polar surface area (TPSA) is 54.3 Å². The second-order valence-corrected chi connectivity index (χ2v) is 8.38. The Hall–Kier alpha value is -2.87. The third kappa shape index (κ3) is 5.25. The largest absolute Gasteiger partial charge is 0.368 e. The van der Waals surface area contributed by atoms with Gasteiger partial charge in [0.1, 0.15) is 11.6 Å². The number of rotatable bonds is 7. The predicted octanol–water partition coefficient (Wildman–Crippen LogP) is 3.47. The van der Waals surface area contributed by atoms with E-state index in [-0.39, 0.29) is 11.7 Å². The van der Waals surface area contributed by atoms with E-state index in [1.165, 1.54) is 29.5 Å². The molecule has 2 aromatic carbocycles. The maximum Gasteiger partial charge on any atom is 0.233 e. The number of hydrogen-bond donors (Lipinski definition) is 0. The van der Waals surface area contributed by atoms with Crippen LogP contribution in [-0.4, -0.2) is 57.5 Å². The van der Waals surface area contributed by atoms with Gasteiger partial charge in [-0.15, -0.1) is 10.2 Å². The summed E-state index contributed by atoms with van der Waals surface area (Å²) >= 11 is 1.45. The molecule has 0 saturated carbocycles. The van der Waals surface area contributed by atoms with E-state index in [1.54, 1.807) is 12.1 Å². The number of piperazine rings is 1. The Morgan fingerprint density at radius 2 is 1.71 bits per heavy atom. The Balaban J connectivity index is 1.30. The summed E-state index contributed by atoms with van der Waals surface area (Å²) in [5.41, 5.74) is 2.18. The van der Waals surface area contributed by atoms with Gasteiger partial charge in [-0.05, 0) is 36.8 Å². The first kappa shape index (κ1) is 21.4. The average molecular weight is 440 g/mol. The van der Waals surface area contributed by atoms with Crippen molar-refractivity contribution >= 4 is 23.4 Å². The first-order chi connectivity index (χ1) is 15.1. The van der Waals surface area contributed by atoms with Gasteiger partial charge < -0.3 is 14.4 Å². The molecule has 3 aromatic rings. The van der Waals surface area contributed by atoms with Crippen molar-refractivity contribution in [2.75, 3.05) is 36.8 Å². The second-order valence-electron chi connectivity index (χ2n) is 7.44. The van der Waals surface area contributed by atoms with E-state index in [4.69, 9.17) is 0 Å². The van der Waals surface area contributed by atoms with Gasteiger partial charge in [0.25, 0.3) is 0 Å². The molecule has 0 spiro atoms. The summed E-state index contributed by atoms with van der Waals surface area (Å²) in [6.45, 7) is 5.65. The number of carbonyl (C=O) groups excluding carboxylic acids is 1. The molecule has 0 aliphatic carbocycles. The Morgan fingerprint density at radius 3 is 2.39 bits per heavy atom. The van der Waals surface area contributed by atoms with Crippen molar-refractivity contribution in [1.82, 2.24) is 19.7 Å². The van der Waals surface area contributed by atoms with Crippen LogP contribution >= 0.6 is 11.8 Å². The average Bonchev–Trinajstić information content (AvgIpc) is 3.20.